The van der Waals surface area contributed by atoms with Crippen LogP contribution in [0.5, 0.6) is 0 Å². The summed E-state index contributed by atoms with van der Waals surface area (Å²) in [5.41, 5.74) is 0.468. The molecule has 2 aromatic rings. The molecule has 2 aromatic carbocycles. The van der Waals surface area contributed by atoms with Gasteiger partial charge in [0.2, 0.25) is 5.91 Å². The van der Waals surface area contributed by atoms with E-state index in [1.165, 1.54) is 0 Å². The number of fused-ring (bicyclic) bond motifs is 2. The van der Waals surface area contributed by atoms with Crippen LogP contribution in [0.2, 0.25) is 0 Å². The Morgan fingerprint density at radius 2 is 1.90 bits per heavy atom. The highest BCUT2D eigenvalue weighted by Crippen LogP contribution is 2.60. The summed E-state index contributed by atoms with van der Waals surface area (Å²) in [5.74, 6) is -2.47. The number of hydrogen-bond donors (Lipinski definition) is 2. The average Bonchev–Trinajstić information content (AvgIpc) is 3.37. The van der Waals surface area contributed by atoms with Gasteiger partial charge >= 0.3 is 11.9 Å². The predicted molar refractivity (Wildman–Crippen MR) is 112 cm³/mol. The van der Waals surface area contributed by atoms with Crippen LogP contribution in [0.1, 0.15) is 36.1 Å². The van der Waals surface area contributed by atoms with Gasteiger partial charge in [0, 0.05) is 12.1 Å². The molecule has 0 aliphatic carbocycles. The van der Waals surface area contributed by atoms with E-state index in [-0.39, 0.29) is 25.5 Å². The molecule has 2 fully saturated rings. The van der Waals surface area contributed by atoms with Gasteiger partial charge in [-0.25, -0.2) is 0 Å². The maximum Gasteiger partial charge on any atom is 0.327 e. The standard InChI is InChI=1S/C24H24N2O5/c1-3-30-20(27)18-23(12-13-31-22(23)29)26-19(15-9-5-4-8-14(15)2)24(18)16-10-6-7-11-17(16)25-21(24)28/h4-11,18-19,26H,3,12-13H2,1-2H3,(H,25,28)/t18-,19+,23+,24+/m1/s1. The molecule has 0 bridgehead atoms. The maximum absolute atomic E-state index is 13.8. The Morgan fingerprint density at radius 1 is 1.16 bits per heavy atom. The van der Waals surface area contributed by atoms with Crippen LogP contribution in [0, 0.1) is 12.8 Å². The van der Waals surface area contributed by atoms with Gasteiger partial charge in [-0.1, -0.05) is 42.5 Å². The third-order valence-corrected chi connectivity index (χ3v) is 6.92. The monoisotopic (exact) mass is 420 g/mol. The third-order valence-electron chi connectivity index (χ3n) is 6.92. The highest BCUT2D eigenvalue weighted by atomic mass is 16.5. The van der Waals surface area contributed by atoms with E-state index >= 15 is 0 Å². The van der Waals surface area contributed by atoms with Crippen LogP contribution in [0.25, 0.3) is 0 Å². The van der Waals surface area contributed by atoms with Gasteiger partial charge in [0.15, 0.2) is 0 Å². The Bertz CT molecular complexity index is 1100. The molecule has 3 heterocycles. The van der Waals surface area contributed by atoms with E-state index in [1.807, 2.05) is 55.5 Å². The van der Waals surface area contributed by atoms with Crippen molar-refractivity contribution in [2.45, 2.75) is 37.3 Å². The Balaban J connectivity index is 1.84. The molecule has 3 aliphatic heterocycles. The zero-order valence-electron chi connectivity index (χ0n) is 17.4. The van der Waals surface area contributed by atoms with Gasteiger partial charge in [-0.05, 0) is 36.6 Å². The molecular formula is C24H24N2O5. The topological polar surface area (TPSA) is 93.7 Å². The molecule has 0 saturated carbocycles. The van der Waals surface area contributed by atoms with Crippen molar-refractivity contribution in [2.75, 3.05) is 18.5 Å². The van der Waals surface area contributed by atoms with Gasteiger partial charge in [0.05, 0.1) is 19.3 Å². The lowest BCUT2D eigenvalue weighted by molar-refractivity contribution is -0.159. The highest BCUT2D eigenvalue weighted by molar-refractivity contribution is 6.12. The van der Waals surface area contributed by atoms with Gasteiger partial charge < -0.3 is 14.8 Å². The SMILES string of the molecule is CCOC(=O)[C@H]1[C@]2(C(=O)Nc3ccccc32)[C@H](c2ccccc2C)N[C@@]12CCOC2=O. The molecule has 0 unspecified atom stereocenters. The zero-order valence-corrected chi connectivity index (χ0v) is 17.4. The Kier molecular flexibility index (Phi) is 4.41. The molecule has 0 aromatic heterocycles. The van der Waals surface area contributed by atoms with Crippen LogP contribution in [0.3, 0.4) is 0 Å². The third kappa shape index (κ3) is 2.47. The summed E-state index contributed by atoms with van der Waals surface area (Å²) in [5, 5.41) is 6.39. The van der Waals surface area contributed by atoms with Crippen LogP contribution in [-0.4, -0.2) is 36.6 Å². The van der Waals surface area contributed by atoms with Gasteiger partial charge in [0.25, 0.3) is 0 Å². The van der Waals surface area contributed by atoms with E-state index in [2.05, 4.69) is 10.6 Å². The molecule has 7 heteroatoms. The smallest absolute Gasteiger partial charge is 0.327 e. The fraction of sp³-hybridized carbons (Fsp3) is 0.375. The summed E-state index contributed by atoms with van der Waals surface area (Å²) < 4.78 is 10.8. The number of benzene rings is 2. The second-order valence-electron chi connectivity index (χ2n) is 8.34. The molecule has 31 heavy (non-hydrogen) atoms. The van der Waals surface area contributed by atoms with Gasteiger partial charge in [0.1, 0.15) is 16.9 Å². The summed E-state index contributed by atoms with van der Waals surface area (Å²) in [6.07, 6.45) is 0.287. The van der Waals surface area contributed by atoms with E-state index in [1.54, 1.807) is 6.92 Å². The minimum absolute atomic E-state index is 0.148. The van der Waals surface area contributed by atoms with Crippen LogP contribution in [-0.2, 0) is 29.3 Å². The first-order valence-electron chi connectivity index (χ1n) is 10.5. The van der Waals surface area contributed by atoms with Crippen LogP contribution in [0.15, 0.2) is 48.5 Å². The number of aryl methyl sites for hydroxylation is 1. The lowest BCUT2D eigenvalue weighted by Crippen LogP contribution is -2.56. The van der Waals surface area contributed by atoms with E-state index in [9.17, 15) is 14.4 Å². The van der Waals surface area contributed by atoms with E-state index in [0.717, 1.165) is 11.1 Å². The molecule has 1 amide bonds. The lowest BCUT2D eigenvalue weighted by Gasteiger charge is -2.35. The molecule has 0 radical (unpaired) electrons. The number of cyclic esters (lactones) is 1. The predicted octanol–water partition coefficient (Wildman–Crippen LogP) is 2.39. The molecule has 4 atom stereocenters. The molecule has 2 saturated heterocycles. The molecule has 5 rings (SSSR count). The van der Waals surface area contributed by atoms with Crippen LogP contribution >= 0.6 is 0 Å². The molecule has 3 aliphatic rings. The molecular weight excluding hydrogens is 396 g/mol. The first kappa shape index (κ1) is 19.8. The number of anilines is 1. The summed E-state index contributed by atoms with van der Waals surface area (Å²) >= 11 is 0. The van der Waals surface area contributed by atoms with Crippen molar-refractivity contribution in [3.63, 3.8) is 0 Å². The van der Waals surface area contributed by atoms with Crippen molar-refractivity contribution in [2.24, 2.45) is 5.92 Å². The fourth-order valence-corrected chi connectivity index (χ4v) is 5.66. The van der Waals surface area contributed by atoms with Crippen molar-refractivity contribution in [1.29, 1.82) is 0 Å². The van der Waals surface area contributed by atoms with Crippen LogP contribution < -0.4 is 10.6 Å². The van der Waals surface area contributed by atoms with Crippen molar-refractivity contribution < 1.29 is 23.9 Å². The van der Waals surface area contributed by atoms with Crippen molar-refractivity contribution >= 4 is 23.5 Å². The molecule has 2 N–H and O–H groups in total. The fourth-order valence-electron chi connectivity index (χ4n) is 5.66. The number of esters is 2. The number of hydrogen-bond acceptors (Lipinski definition) is 6. The molecule has 7 nitrogen and oxygen atoms in total. The minimum Gasteiger partial charge on any atom is -0.466 e. The second-order valence-corrected chi connectivity index (χ2v) is 8.34. The number of carbonyl (C=O) groups is 3. The van der Waals surface area contributed by atoms with E-state index in [0.29, 0.717) is 11.3 Å². The summed E-state index contributed by atoms with van der Waals surface area (Å²) in [6, 6.07) is 14.4. The first-order chi connectivity index (χ1) is 15.0. The maximum atomic E-state index is 13.8. The second kappa shape index (κ2) is 6.92. The van der Waals surface area contributed by atoms with Gasteiger partial charge in [-0.2, -0.15) is 0 Å². The lowest BCUT2D eigenvalue weighted by atomic mass is 9.62. The summed E-state index contributed by atoms with van der Waals surface area (Å²) in [4.78, 5) is 40.4. The Morgan fingerprint density at radius 3 is 2.61 bits per heavy atom. The first-order valence-corrected chi connectivity index (χ1v) is 10.5. The number of nitrogens with one attached hydrogen (secondary N) is 2. The van der Waals surface area contributed by atoms with E-state index in [4.69, 9.17) is 9.47 Å². The van der Waals surface area contributed by atoms with Gasteiger partial charge in [-0.15, -0.1) is 0 Å². The zero-order chi connectivity index (χ0) is 21.8. The average molecular weight is 420 g/mol. The van der Waals surface area contributed by atoms with Gasteiger partial charge in [-0.3, -0.25) is 19.7 Å². The largest absolute Gasteiger partial charge is 0.466 e. The number of para-hydroxylation sites is 1. The number of rotatable bonds is 3. The summed E-state index contributed by atoms with van der Waals surface area (Å²) in [7, 11) is 0. The minimum atomic E-state index is -1.35. The van der Waals surface area contributed by atoms with Crippen LogP contribution in [0.4, 0.5) is 5.69 Å². The molecule has 2 spiro atoms. The number of carbonyl (C=O) groups excluding carboxylic acids is 3. The molecule has 160 valence electrons. The van der Waals surface area contributed by atoms with Crippen molar-refractivity contribution in [3.05, 3.63) is 65.2 Å². The van der Waals surface area contributed by atoms with Crippen molar-refractivity contribution in [3.8, 4) is 0 Å². The number of ether oxygens (including phenoxy) is 2. The summed E-state index contributed by atoms with van der Waals surface area (Å²) in [6.45, 7) is 4.01. The highest BCUT2D eigenvalue weighted by Gasteiger charge is 2.75. The normalized spacial score (nSPS) is 31.0. The van der Waals surface area contributed by atoms with Crippen molar-refractivity contribution in [1.82, 2.24) is 5.32 Å². The number of amides is 1. The quantitative estimate of drug-likeness (QED) is 0.741. The Hall–Kier alpha value is -3.19. The van der Waals surface area contributed by atoms with E-state index < -0.39 is 34.9 Å². The Labute approximate surface area is 180 Å².